The van der Waals surface area contributed by atoms with Crippen LogP contribution >= 0.6 is 27.5 Å². The van der Waals surface area contributed by atoms with Crippen LogP contribution < -0.4 is 5.32 Å². The molecule has 2 rings (SSSR count). The molecule has 0 bridgehead atoms. The molecule has 0 radical (unpaired) electrons. The topological polar surface area (TPSA) is 32.3 Å². The van der Waals surface area contributed by atoms with Crippen molar-refractivity contribution in [1.82, 2.24) is 0 Å². The van der Waals surface area contributed by atoms with Crippen LogP contribution in [-0.2, 0) is 13.2 Å². The summed E-state index contributed by atoms with van der Waals surface area (Å²) in [5.41, 5.74) is 3.04. The van der Waals surface area contributed by atoms with Crippen molar-refractivity contribution in [2.75, 3.05) is 5.32 Å². The lowest BCUT2D eigenvalue weighted by atomic mass is 10.1. The minimum absolute atomic E-state index is 0.0769. The summed E-state index contributed by atoms with van der Waals surface area (Å²) in [6.45, 7) is 0.790. The number of nitrogens with one attached hydrogen (secondary N) is 1. The van der Waals surface area contributed by atoms with Crippen LogP contribution in [0.2, 0.25) is 5.02 Å². The molecule has 0 aromatic heterocycles. The highest BCUT2D eigenvalue weighted by atomic mass is 79.9. The molecule has 0 saturated heterocycles. The molecule has 2 N–H and O–H groups in total. The number of aliphatic hydroxyl groups excluding tert-OH is 1. The summed E-state index contributed by atoms with van der Waals surface area (Å²) < 4.78 is 0.985. The molecular weight excluding hydrogens is 314 g/mol. The summed E-state index contributed by atoms with van der Waals surface area (Å²) in [6.07, 6.45) is 0. The van der Waals surface area contributed by atoms with Crippen LogP contribution in [0.1, 0.15) is 11.1 Å². The lowest BCUT2D eigenvalue weighted by Gasteiger charge is -2.09. The quantitative estimate of drug-likeness (QED) is 0.882. The van der Waals surface area contributed by atoms with Gasteiger partial charge in [-0.15, -0.1) is 0 Å². The Morgan fingerprint density at radius 1 is 1.06 bits per heavy atom. The second-order valence-corrected chi connectivity index (χ2v) is 5.24. The Bertz CT molecular complexity index is 528. The number of benzene rings is 2. The van der Waals surface area contributed by atoms with E-state index in [-0.39, 0.29) is 6.61 Å². The molecule has 0 atom stereocenters. The number of halogens is 2. The lowest BCUT2D eigenvalue weighted by Crippen LogP contribution is -2.00. The summed E-state index contributed by atoms with van der Waals surface area (Å²) in [7, 11) is 0. The molecule has 0 aliphatic rings. The van der Waals surface area contributed by atoms with Gasteiger partial charge in [-0.2, -0.15) is 0 Å². The highest BCUT2D eigenvalue weighted by Crippen LogP contribution is 2.26. The molecule has 0 fully saturated rings. The monoisotopic (exact) mass is 325 g/mol. The van der Waals surface area contributed by atoms with Gasteiger partial charge in [0.25, 0.3) is 0 Å². The van der Waals surface area contributed by atoms with Gasteiger partial charge in [0.1, 0.15) is 0 Å². The molecule has 18 heavy (non-hydrogen) atoms. The molecule has 0 heterocycles. The van der Waals surface area contributed by atoms with Gasteiger partial charge in [-0.25, -0.2) is 0 Å². The van der Waals surface area contributed by atoms with Crippen molar-refractivity contribution in [1.29, 1.82) is 0 Å². The first-order chi connectivity index (χ1) is 8.69. The van der Waals surface area contributed by atoms with Crippen LogP contribution in [0.25, 0.3) is 0 Å². The molecule has 0 aliphatic carbocycles. The summed E-state index contributed by atoms with van der Waals surface area (Å²) in [4.78, 5) is 0. The minimum Gasteiger partial charge on any atom is -0.392 e. The first-order valence-electron chi connectivity index (χ1n) is 5.56. The van der Waals surface area contributed by atoms with Gasteiger partial charge >= 0.3 is 0 Å². The Labute approximate surface area is 120 Å². The summed E-state index contributed by atoms with van der Waals surface area (Å²) in [5.74, 6) is 0. The van der Waals surface area contributed by atoms with Crippen molar-refractivity contribution in [3.05, 3.63) is 63.1 Å². The van der Waals surface area contributed by atoms with Crippen molar-refractivity contribution >= 4 is 33.2 Å². The third-order valence-corrected chi connectivity index (χ3v) is 3.54. The molecule has 0 saturated carbocycles. The average molecular weight is 327 g/mol. The molecule has 0 aliphatic heterocycles. The standard InChI is InChI=1S/C14H13BrClNO/c15-13-6-5-12(16)7-14(13)17-8-10-1-3-11(9-18)4-2-10/h1-7,17-18H,8-9H2. The molecule has 94 valence electrons. The molecular formula is C14H13BrClNO. The number of aliphatic hydroxyl groups is 1. The second kappa shape index (κ2) is 6.23. The van der Waals surface area contributed by atoms with Gasteiger partial charge in [0, 0.05) is 16.0 Å². The van der Waals surface area contributed by atoms with E-state index in [2.05, 4.69) is 21.2 Å². The first kappa shape index (κ1) is 13.4. The maximum absolute atomic E-state index is 8.97. The van der Waals surface area contributed by atoms with Gasteiger partial charge in [0.2, 0.25) is 0 Å². The maximum Gasteiger partial charge on any atom is 0.0681 e. The Morgan fingerprint density at radius 2 is 1.72 bits per heavy atom. The number of hydrogen-bond donors (Lipinski definition) is 2. The van der Waals surface area contributed by atoms with E-state index in [0.29, 0.717) is 11.6 Å². The van der Waals surface area contributed by atoms with Crippen molar-refractivity contribution < 1.29 is 5.11 Å². The van der Waals surface area contributed by atoms with Crippen molar-refractivity contribution in [2.45, 2.75) is 13.2 Å². The van der Waals surface area contributed by atoms with E-state index in [4.69, 9.17) is 16.7 Å². The molecule has 0 unspecified atom stereocenters. The van der Waals surface area contributed by atoms with Gasteiger partial charge in [-0.05, 0) is 45.3 Å². The predicted molar refractivity (Wildman–Crippen MR) is 78.8 cm³/mol. The van der Waals surface area contributed by atoms with Crippen LogP contribution in [0, 0.1) is 0 Å². The molecule has 2 aromatic carbocycles. The van der Waals surface area contributed by atoms with E-state index < -0.39 is 0 Å². The Balaban J connectivity index is 2.04. The van der Waals surface area contributed by atoms with Gasteiger partial charge in [-0.1, -0.05) is 35.9 Å². The zero-order chi connectivity index (χ0) is 13.0. The molecule has 0 spiro atoms. The fourth-order valence-electron chi connectivity index (χ4n) is 1.59. The highest BCUT2D eigenvalue weighted by Gasteiger charge is 2.01. The minimum atomic E-state index is 0.0769. The predicted octanol–water partition coefficient (Wildman–Crippen LogP) is 4.21. The number of anilines is 1. The zero-order valence-corrected chi connectivity index (χ0v) is 12.0. The summed E-state index contributed by atoms with van der Waals surface area (Å²) in [6, 6.07) is 13.5. The molecule has 2 nitrogen and oxygen atoms in total. The van der Waals surface area contributed by atoms with Crippen LogP contribution in [0.15, 0.2) is 46.9 Å². The van der Waals surface area contributed by atoms with Gasteiger partial charge in [0.05, 0.1) is 12.3 Å². The summed E-state index contributed by atoms with van der Waals surface area (Å²) in [5, 5.41) is 13.0. The second-order valence-electron chi connectivity index (χ2n) is 3.95. The largest absolute Gasteiger partial charge is 0.392 e. The van der Waals surface area contributed by atoms with E-state index in [0.717, 1.165) is 21.3 Å². The van der Waals surface area contributed by atoms with E-state index in [1.165, 1.54) is 0 Å². The van der Waals surface area contributed by atoms with E-state index >= 15 is 0 Å². The van der Waals surface area contributed by atoms with Crippen LogP contribution in [0.3, 0.4) is 0 Å². The first-order valence-corrected chi connectivity index (χ1v) is 6.74. The third-order valence-electron chi connectivity index (χ3n) is 2.62. The van der Waals surface area contributed by atoms with Gasteiger partial charge < -0.3 is 10.4 Å². The van der Waals surface area contributed by atoms with E-state index in [9.17, 15) is 0 Å². The molecule has 2 aromatic rings. The lowest BCUT2D eigenvalue weighted by molar-refractivity contribution is 0.282. The van der Waals surface area contributed by atoms with Crippen molar-refractivity contribution in [3.8, 4) is 0 Å². The fourth-order valence-corrected chi connectivity index (χ4v) is 2.15. The molecule has 0 amide bonds. The summed E-state index contributed by atoms with van der Waals surface area (Å²) >= 11 is 9.42. The van der Waals surface area contributed by atoms with Gasteiger partial charge in [-0.3, -0.25) is 0 Å². The van der Waals surface area contributed by atoms with E-state index in [1.54, 1.807) is 0 Å². The van der Waals surface area contributed by atoms with Crippen LogP contribution in [-0.4, -0.2) is 5.11 Å². The normalized spacial score (nSPS) is 10.4. The van der Waals surface area contributed by atoms with Crippen LogP contribution in [0.5, 0.6) is 0 Å². The highest BCUT2D eigenvalue weighted by molar-refractivity contribution is 9.10. The SMILES string of the molecule is OCc1ccc(CNc2cc(Cl)ccc2Br)cc1. The fraction of sp³-hybridized carbons (Fsp3) is 0.143. The van der Waals surface area contributed by atoms with Crippen molar-refractivity contribution in [2.24, 2.45) is 0 Å². The Kier molecular flexibility index (Phi) is 4.64. The number of rotatable bonds is 4. The third kappa shape index (κ3) is 3.48. The van der Waals surface area contributed by atoms with Gasteiger partial charge in [0.15, 0.2) is 0 Å². The van der Waals surface area contributed by atoms with E-state index in [1.807, 2.05) is 42.5 Å². The Hall–Kier alpha value is -1.03. The number of hydrogen-bond acceptors (Lipinski definition) is 2. The average Bonchev–Trinajstić information content (AvgIpc) is 2.40. The smallest absolute Gasteiger partial charge is 0.0681 e. The van der Waals surface area contributed by atoms with Crippen molar-refractivity contribution in [3.63, 3.8) is 0 Å². The molecule has 4 heteroatoms. The maximum atomic E-state index is 8.97. The Morgan fingerprint density at radius 3 is 2.39 bits per heavy atom. The van der Waals surface area contributed by atoms with Crippen LogP contribution in [0.4, 0.5) is 5.69 Å². The zero-order valence-electron chi connectivity index (χ0n) is 9.66.